The average Bonchev–Trinajstić information content (AvgIpc) is 2.73. The number of hydrogen-bond donors (Lipinski definition) is 1. The van der Waals surface area contributed by atoms with E-state index in [0.29, 0.717) is 29.6 Å². The number of aliphatic imine (C=N–C) groups is 1. The van der Waals surface area contributed by atoms with Gasteiger partial charge in [0.25, 0.3) is 0 Å². The van der Waals surface area contributed by atoms with E-state index in [4.69, 9.17) is 26.1 Å². The highest BCUT2D eigenvalue weighted by molar-refractivity contribution is 8.13. The predicted molar refractivity (Wildman–Crippen MR) is 123 cm³/mol. The zero-order chi connectivity index (χ0) is 21.5. The van der Waals surface area contributed by atoms with Crippen molar-refractivity contribution in [3.8, 4) is 5.75 Å². The molecule has 1 heterocycles. The average molecular weight is 445 g/mol. The lowest BCUT2D eigenvalue weighted by Crippen LogP contribution is -2.30. The van der Waals surface area contributed by atoms with Gasteiger partial charge in [-0.15, -0.1) is 0 Å². The van der Waals surface area contributed by atoms with Crippen LogP contribution < -0.4 is 10.1 Å². The van der Waals surface area contributed by atoms with Crippen molar-refractivity contribution in [1.29, 1.82) is 0 Å². The molecule has 30 heavy (non-hydrogen) atoms. The van der Waals surface area contributed by atoms with E-state index in [1.807, 2.05) is 62.4 Å². The first-order valence-electron chi connectivity index (χ1n) is 9.85. The molecule has 1 aliphatic heterocycles. The highest BCUT2D eigenvalue weighted by Gasteiger charge is 2.32. The van der Waals surface area contributed by atoms with Gasteiger partial charge in [0, 0.05) is 22.0 Å². The molecular formula is C23H25ClN2O3S. The summed E-state index contributed by atoms with van der Waals surface area (Å²) in [6.07, 6.45) is 0. The quantitative estimate of drug-likeness (QED) is 0.570. The number of esters is 1. The van der Waals surface area contributed by atoms with Gasteiger partial charge >= 0.3 is 5.97 Å². The number of thioether (sulfide) groups is 1. The second kappa shape index (κ2) is 10.5. The van der Waals surface area contributed by atoms with Crippen molar-refractivity contribution in [3.63, 3.8) is 0 Å². The van der Waals surface area contributed by atoms with Gasteiger partial charge in [0.15, 0.2) is 5.17 Å². The molecule has 1 aliphatic rings. The van der Waals surface area contributed by atoms with E-state index in [-0.39, 0.29) is 5.97 Å². The molecule has 7 heteroatoms. The Morgan fingerprint density at radius 2 is 1.87 bits per heavy atom. The summed E-state index contributed by atoms with van der Waals surface area (Å²) in [5.41, 5.74) is 3.21. The van der Waals surface area contributed by atoms with Crippen LogP contribution in [0.25, 0.3) is 0 Å². The minimum atomic E-state index is -0.499. The smallest absolute Gasteiger partial charge is 0.338 e. The van der Waals surface area contributed by atoms with Crippen molar-refractivity contribution in [2.75, 3.05) is 13.2 Å². The fourth-order valence-electron chi connectivity index (χ4n) is 3.14. The van der Waals surface area contributed by atoms with Crippen LogP contribution in [0.1, 0.15) is 37.9 Å². The standard InChI is InChI=1S/C23H25ClN2O3S/c1-4-28-19-9-7-6-8-18(19)21-20(22(27)29-5-2)15(3)25-23(26-21)30-14-16-10-12-17(24)13-11-16/h6-13,21H,4-5,14H2,1-3H3,(H,25,26)/t21-/m0/s1. The van der Waals surface area contributed by atoms with Gasteiger partial charge in [-0.2, -0.15) is 0 Å². The van der Waals surface area contributed by atoms with Crippen molar-refractivity contribution in [3.05, 3.63) is 76.0 Å². The molecule has 0 saturated carbocycles. The summed E-state index contributed by atoms with van der Waals surface area (Å²) in [5.74, 6) is 1.07. The number of carbonyl (C=O) groups is 1. The van der Waals surface area contributed by atoms with Crippen LogP contribution in [0.5, 0.6) is 5.75 Å². The number of carbonyl (C=O) groups excluding carboxylic acids is 1. The summed E-state index contributed by atoms with van der Waals surface area (Å²) >= 11 is 7.55. The van der Waals surface area contributed by atoms with Gasteiger partial charge in [0.1, 0.15) is 11.8 Å². The lowest BCUT2D eigenvalue weighted by atomic mass is 9.96. The van der Waals surface area contributed by atoms with Crippen LogP contribution in [0.4, 0.5) is 0 Å². The fourth-order valence-corrected chi connectivity index (χ4v) is 4.17. The molecule has 0 aliphatic carbocycles. The molecule has 0 fully saturated rings. The Morgan fingerprint density at radius 1 is 1.13 bits per heavy atom. The number of nitrogens with zero attached hydrogens (tertiary/aromatic N) is 1. The SMILES string of the molecule is CCOC(=O)C1=C(C)NC(SCc2ccc(Cl)cc2)=N[C@H]1c1ccccc1OCC. The highest BCUT2D eigenvalue weighted by Crippen LogP contribution is 2.37. The topological polar surface area (TPSA) is 59.9 Å². The maximum atomic E-state index is 12.7. The number of amidine groups is 1. The molecule has 2 aromatic rings. The molecule has 0 spiro atoms. The van der Waals surface area contributed by atoms with Gasteiger partial charge in [-0.3, -0.25) is 0 Å². The molecule has 158 valence electrons. The van der Waals surface area contributed by atoms with Gasteiger partial charge in [-0.1, -0.05) is 53.7 Å². The van der Waals surface area contributed by atoms with Gasteiger partial charge in [-0.05, 0) is 44.5 Å². The van der Waals surface area contributed by atoms with Crippen LogP contribution in [-0.2, 0) is 15.3 Å². The van der Waals surface area contributed by atoms with Crippen molar-refractivity contribution < 1.29 is 14.3 Å². The molecule has 0 bridgehead atoms. The molecular weight excluding hydrogens is 420 g/mol. The molecule has 0 radical (unpaired) electrons. The van der Waals surface area contributed by atoms with Crippen molar-refractivity contribution in [2.24, 2.45) is 4.99 Å². The predicted octanol–water partition coefficient (Wildman–Crippen LogP) is 5.51. The van der Waals surface area contributed by atoms with E-state index in [0.717, 1.165) is 27.7 Å². The number of ether oxygens (including phenoxy) is 2. The number of nitrogens with one attached hydrogen (secondary N) is 1. The molecule has 0 aromatic heterocycles. The van der Waals surface area contributed by atoms with Crippen LogP contribution >= 0.6 is 23.4 Å². The Kier molecular flexibility index (Phi) is 7.82. The maximum absolute atomic E-state index is 12.7. The van der Waals surface area contributed by atoms with Crippen molar-refractivity contribution >= 4 is 34.5 Å². The first kappa shape index (κ1) is 22.2. The lowest BCUT2D eigenvalue weighted by molar-refractivity contribution is -0.138. The van der Waals surface area contributed by atoms with E-state index in [2.05, 4.69) is 5.32 Å². The minimum Gasteiger partial charge on any atom is -0.494 e. The highest BCUT2D eigenvalue weighted by atomic mass is 35.5. The zero-order valence-electron chi connectivity index (χ0n) is 17.3. The molecule has 0 unspecified atom stereocenters. The molecule has 1 N–H and O–H groups in total. The first-order chi connectivity index (χ1) is 14.5. The van der Waals surface area contributed by atoms with Crippen molar-refractivity contribution in [1.82, 2.24) is 5.32 Å². The Hall–Kier alpha value is -2.44. The van der Waals surface area contributed by atoms with Crippen LogP contribution in [0.3, 0.4) is 0 Å². The summed E-state index contributed by atoms with van der Waals surface area (Å²) in [6, 6.07) is 14.9. The summed E-state index contributed by atoms with van der Waals surface area (Å²) in [6.45, 7) is 6.44. The third kappa shape index (κ3) is 5.37. The first-order valence-corrected chi connectivity index (χ1v) is 11.2. The second-order valence-electron chi connectivity index (χ2n) is 6.61. The number of hydrogen-bond acceptors (Lipinski definition) is 6. The van der Waals surface area contributed by atoms with E-state index in [1.54, 1.807) is 18.7 Å². The minimum absolute atomic E-state index is 0.303. The van der Waals surface area contributed by atoms with E-state index >= 15 is 0 Å². The van der Waals surface area contributed by atoms with Crippen LogP contribution in [0.2, 0.25) is 5.02 Å². The van der Waals surface area contributed by atoms with E-state index in [1.165, 1.54) is 0 Å². The number of rotatable bonds is 7. The van der Waals surface area contributed by atoms with Gasteiger partial charge in [0.2, 0.25) is 0 Å². The van der Waals surface area contributed by atoms with Crippen LogP contribution in [0, 0.1) is 0 Å². The summed E-state index contributed by atoms with van der Waals surface area (Å²) < 4.78 is 11.1. The van der Waals surface area contributed by atoms with E-state index < -0.39 is 6.04 Å². The van der Waals surface area contributed by atoms with E-state index in [9.17, 15) is 4.79 Å². The molecule has 3 rings (SSSR count). The van der Waals surface area contributed by atoms with Gasteiger partial charge < -0.3 is 14.8 Å². The molecule has 5 nitrogen and oxygen atoms in total. The van der Waals surface area contributed by atoms with Gasteiger partial charge in [-0.25, -0.2) is 9.79 Å². The normalized spacial score (nSPS) is 16.0. The summed E-state index contributed by atoms with van der Waals surface area (Å²) in [5, 5.41) is 4.72. The monoisotopic (exact) mass is 444 g/mol. The Bertz CT molecular complexity index is 957. The molecule has 2 aromatic carbocycles. The summed E-state index contributed by atoms with van der Waals surface area (Å²) in [7, 11) is 0. The Balaban J connectivity index is 1.92. The largest absolute Gasteiger partial charge is 0.494 e. The van der Waals surface area contributed by atoms with Crippen LogP contribution in [-0.4, -0.2) is 24.4 Å². The second-order valence-corrected chi connectivity index (χ2v) is 8.01. The maximum Gasteiger partial charge on any atom is 0.338 e. The number of allylic oxidation sites excluding steroid dienone is 1. The lowest BCUT2D eigenvalue weighted by Gasteiger charge is -2.27. The number of halogens is 1. The molecule has 1 atom stereocenters. The number of para-hydroxylation sites is 1. The molecule has 0 saturated heterocycles. The summed E-state index contributed by atoms with van der Waals surface area (Å²) in [4.78, 5) is 17.6. The third-order valence-electron chi connectivity index (χ3n) is 4.52. The Labute approximate surface area is 186 Å². The molecule has 0 amide bonds. The van der Waals surface area contributed by atoms with Gasteiger partial charge in [0.05, 0.1) is 18.8 Å². The zero-order valence-corrected chi connectivity index (χ0v) is 18.8. The Morgan fingerprint density at radius 3 is 2.57 bits per heavy atom. The van der Waals surface area contributed by atoms with Crippen molar-refractivity contribution in [2.45, 2.75) is 32.6 Å². The third-order valence-corrected chi connectivity index (χ3v) is 5.73. The fraction of sp³-hybridized carbons (Fsp3) is 0.304. The number of benzene rings is 2. The van der Waals surface area contributed by atoms with Crippen LogP contribution in [0.15, 0.2) is 64.8 Å².